The normalized spacial score (nSPS) is 11.3. The second-order valence-electron chi connectivity index (χ2n) is 4.64. The number of aryl methyl sites for hydroxylation is 1. The van der Waals surface area contributed by atoms with Crippen LogP contribution in [0.5, 0.6) is 0 Å². The molecule has 2 rings (SSSR count). The summed E-state index contributed by atoms with van der Waals surface area (Å²) in [7, 11) is 0. The number of hydrogen-bond donors (Lipinski definition) is 1. The predicted molar refractivity (Wildman–Crippen MR) is 76.6 cm³/mol. The van der Waals surface area contributed by atoms with Gasteiger partial charge in [0, 0.05) is 11.6 Å². The van der Waals surface area contributed by atoms with Gasteiger partial charge in [0.25, 0.3) is 5.91 Å². The molecule has 1 aromatic carbocycles. The number of amides is 1. The molecule has 2 aromatic rings. The lowest BCUT2D eigenvalue weighted by Crippen LogP contribution is -2.24. The summed E-state index contributed by atoms with van der Waals surface area (Å²) in [6, 6.07) is 8.80. The maximum atomic E-state index is 12.5. The standard InChI is InChI=1S/C15H12ClF3N2O/c1-9-12(6-7-13(21-9)15(17,18)19)14(22)20-8-10-2-4-11(16)5-3-10/h2-7H,8H2,1H3,(H,20,22). The molecule has 0 unspecified atom stereocenters. The summed E-state index contributed by atoms with van der Waals surface area (Å²) >= 11 is 5.76. The first kappa shape index (κ1) is 16.3. The molecule has 0 fully saturated rings. The number of carbonyl (C=O) groups is 1. The van der Waals surface area contributed by atoms with Crippen LogP contribution in [0.1, 0.15) is 27.3 Å². The zero-order valence-electron chi connectivity index (χ0n) is 11.5. The molecule has 0 aliphatic heterocycles. The molecule has 1 N–H and O–H groups in total. The summed E-state index contributed by atoms with van der Waals surface area (Å²) in [6.45, 7) is 1.61. The van der Waals surface area contributed by atoms with E-state index in [1.807, 2.05) is 0 Å². The van der Waals surface area contributed by atoms with Gasteiger partial charge in [-0.2, -0.15) is 13.2 Å². The van der Waals surface area contributed by atoms with Crippen LogP contribution in [-0.4, -0.2) is 10.9 Å². The SMILES string of the molecule is Cc1nc(C(F)(F)F)ccc1C(=O)NCc1ccc(Cl)cc1. The Hall–Kier alpha value is -2.08. The number of aromatic nitrogens is 1. The van der Waals surface area contributed by atoms with Gasteiger partial charge in [0.1, 0.15) is 5.69 Å². The largest absolute Gasteiger partial charge is 0.433 e. The predicted octanol–water partition coefficient (Wildman–Crippen LogP) is 3.99. The highest BCUT2D eigenvalue weighted by Gasteiger charge is 2.33. The van der Waals surface area contributed by atoms with Gasteiger partial charge in [-0.3, -0.25) is 4.79 Å². The number of rotatable bonds is 3. The van der Waals surface area contributed by atoms with Crippen molar-refractivity contribution in [3.05, 3.63) is 63.9 Å². The topological polar surface area (TPSA) is 42.0 Å². The Morgan fingerprint density at radius 1 is 1.18 bits per heavy atom. The smallest absolute Gasteiger partial charge is 0.348 e. The average Bonchev–Trinajstić information content (AvgIpc) is 2.45. The van der Waals surface area contributed by atoms with E-state index in [1.54, 1.807) is 24.3 Å². The van der Waals surface area contributed by atoms with Gasteiger partial charge in [-0.25, -0.2) is 4.98 Å². The van der Waals surface area contributed by atoms with Crippen molar-refractivity contribution in [3.8, 4) is 0 Å². The highest BCUT2D eigenvalue weighted by molar-refractivity contribution is 6.30. The number of benzene rings is 1. The van der Waals surface area contributed by atoms with Gasteiger partial charge in [-0.05, 0) is 36.8 Å². The molecule has 0 bridgehead atoms. The lowest BCUT2D eigenvalue weighted by atomic mass is 10.1. The first-order chi connectivity index (χ1) is 10.3. The quantitative estimate of drug-likeness (QED) is 0.925. The van der Waals surface area contributed by atoms with Crippen molar-refractivity contribution in [2.75, 3.05) is 0 Å². The van der Waals surface area contributed by atoms with Gasteiger partial charge in [0.15, 0.2) is 0 Å². The van der Waals surface area contributed by atoms with Crippen LogP contribution in [-0.2, 0) is 12.7 Å². The van der Waals surface area contributed by atoms with E-state index >= 15 is 0 Å². The van der Waals surface area contributed by atoms with Crippen LogP contribution in [0.15, 0.2) is 36.4 Å². The Bertz CT molecular complexity index is 684. The van der Waals surface area contributed by atoms with Crippen molar-refractivity contribution in [1.29, 1.82) is 0 Å². The van der Waals surface area contributed by atoms with E-state index in [0.29, 0.717) is 5.02 Å². The fourth-order valence-electron chi connectivity index (χ4n) is 1.84. The van der Waals surface area contributed by atoms with Crippen LogP contribution >= 0.6 is 11.6 Å². The van der Waals surface area contributed by atoms with Crippen LogP contribution in [0.3, 0.4) is 0 Å². The lowest BCUT2D eigenvalue weighted by Gasteiger charge is -2.10. The molecule has 116 valence electrons. The van der Waals surface area contributed by atoms with Gasteiger partial charge in [-0.15, -0.1) is 0 Å². The first-order valence-corrected chi connectivity index (χ1v) is 6.72. The molecule has 0 saturated heterocycles. The number of carbonyl (C=O) groups excluding carboxylic acids is 1. The van der Waals surface area contributed by atoms with Gasteiger partial charge >= 0.3 is 6.18 Å². The maximum absolute atomic E-state index is 12.5. The van der Waals surface area contributed by atoms with E-state index in [-0.39, 0.29) is 17.8 Å². The summed E-state index contributed by atoms with van der Waals surface area (Å²) in [4.78, 5) is 15.4. The van der Waals surface area contributed by atoms with Crippen molar-refractivity contribution in [3.63, 3.8) is 0 Å². The molecule has 0 spiro atoms. The Morgan fingerprint density at radius 3 is 2.36 bits per heavy atom. The van der Waals surface area contributed by atoms with Crippen molar-refractivity contribution in [2.24, 2.45) is 0 Å². The van der Waals surface area contributed by atoms with Crippen LogP contribution in [0, 0.1) is 6.92 Å². The Labute approximate surface area is 130 Å². The molecule has 0 saturated carbocycles. The number of halogens is 4. The third kappa shape index (κ3) is 3.98. The molecule has 22 heavy (non-hydrogen) atoms. The number of pyridine rings is 1. The fraction of sp³-hybridized carbons (Fsp3) is 0.200. The van der Waals surface area contributed by atoms with Crippen molar-refractivity contribution < 1.29 is 18.0 Å². The molecular weight excluding hydrogens is 317 g/mol. The third-order valence-corrected chi connectivity index (χ3v) is 3.24. The monoisotopic (exact) mass is 328 g/mol. The zero-order valence-corrected chi connectivity index (χ0v) is 12.3. The van der Waals surface area contributed by atoms with E-state index in [9.17, 15) is 18.0 Å². The van der Waals surface area contributed by atoms with E-state index < -0.39 is 17.8 Å². The molecule has 0 atom stereocenters. The van der Waals surface area contributed by atoms with E-state index in [1.165, 1.54) is 6.92 Å². The van der Waals surface area contributed by atoms with E-state index in [4.69, 9.17) is 11.6 Å². The van der Waals surface area contributed by atoms with E-state index in [0.717, 1.165) is 17.7 Å². The minimum atomic E-state index is -4.52. The summed E-state index contributed by atoms with van der Waals surface area (Å²) < 4.78 is 37.6. The number of alkyl halides is 3. The van der Waals surface area contributed by atoms with Crippen molar-refractivity contribution in [2.45, 2.75) is 19.6 Å². The van der Waals surface area contributed by atoms with Gasteiger partial charge in [-0.1, -0.05) is 23.7 Å². The molecule has 0 radical (unpaired) electrons. The highest BCUT2D eigenvalue weighted by atomic mass is 35.5. The summed E-state index contributed by atoms with van der Waals surface area (Å²) in [6.07, 6.45) is -4.52. The summed E-state index contributed by atoms with van der Waals surface area (Å²) in [5.41, 5.74) is -0.0417. The number of nitrogens with one attached hydrogen (secondary N) is 1. The lowest BCUT2D eigenvalue weighted by molar-refractivity contribution is -0.141. The van der Waals surface area contributed by atoms with E-state index in [2.05, 4.69) is 10.3 Å². The Balaban J connectivity index is 2.08. The second-order valence-corrected chi connectivity index (χ2v) is 5.07. The molecule has 0 aliphatic carbocycles. The number of hydrogen-bond acceptors (Lipinski definition) is 2. The molecule has 1 heterocycles. The van der Waals surface area contributed by atoms with Gasteiger partial charge in [0.05, 0.1) is 11.3 Å². The van der Waals surface area contributed by atoms with Crippen molar-refractivity contribution >= 4 is 17.5 Å². The maximum Gasteiger partial charge on any atom is 0.433 e. The van der Waals surface area contributed by atoms with Crippen molar-refractivity contribution in [1.82, 2.24) is 10.3 Å². The average molecular weight is 329 g/mol. The minimum absolute atomic E-state index is 0.0310. The molecule has 0 aliphatic rings. The number of nitrogens with zero attached hydrogens (tertiary/aromatic N) is 1. The molecular formula is C15H12ClF3N2O. The summed E-state index contributed by atoms with van der Waals surface area (Å²) in [5.74, 6) is -0.478. The van der Waals surface area contributed by atoms with Gasteiger partial charge < -0.3 is 5.32 Å². The molecule has 1 amide bonds. The third-order valence-electron chi connectivity index (χ3n) is 2.99. The molecule has 1 aromatic heterocycles. The molecule has 3 nitrogen and oxygen atoms in total. The first-order valence-electron chi connectivity index (χ1n) is 6.35. The minimum Gasteiger partial charge on any atom is -0.348 e. The Kier molecular flexibility index (Phi) is 4.71. The van der Waals surface area contributed by atoms with Crippen LogP contribution < -0.4 is 5.32 Å². The summed E-state index contributed by atoms with van der Waals surface area (Å²) in [5, 5.41) is 3.21. The van der Waals surface area contributed by atoms with Crippen LogP contribution in [0.2, 0.25) is 5.02 Å². The van der Waals surface area contributed by atoms with Gasteiger partial charge in [0.2, 0.25) is 0 Å². The second kappa shape index (κ2) is 6.36. The van der Waals surface area contributed by atoms with Crippen LogP contribution in [0.25, 0.3) is 0 Å². The van der Waals surface area contributed by atoms with Crippen LogP contribution in [0.4, 0.5) is 13.2 Å². The molecule has 7 heteroatoms. The highest BCUT2D eigenvalue weighted by Crippen LogP contribution is 2.28. The zero-order chi connectivity index (χ0) is 16.3. The Morgan fingerprint density at radius 2 is 1.82 bits per heavy atom. The fourth-order valence-corrected chi connectivity index (χ4v) is 1.96.